The van der Waals surface area contributed by atoms with Gasteiger partial charge >= 0.3 is 5.97 Å². The standard InChI is InChI=1S/C12H19N3O3S/c13-10(11(17)18)9-7-19-12(14-9)15-4-1-2-8(6-15)3-5-16/h7-8,10,16H,1-6,13H2,(H,17,18). The van der Waals surface area contributed by atoms with Crippen molar-refractivity contribution in [2.45, 2.75) is 25.3 Å². The van der Waals surface area contributed by atoms with E-state index in [1.54, 1.807) is 5.38 Å². The lowest BCUT2D eigenvalue weighted by atomic mass is 9.95. The summed E-state index contributed by atoms with van der Waals surface area (Å²) in [5.74, 6) is -0.576. The Bertz CT molecular complexity index is 436. The maximum atomic E-state index is 10.8. The van der Waals surface area contributed by atoms with Gasteiger partial charge in [0.25, 0.3) is 0 Å². The minimum Gasteiger partial charge on any atom is -0.480 e. The lowest BCUT2D eigenvalue weighted by Crippen LogP contribution is -2.35. The summed E-state index contributed by atoms with van der Waals surface area (Å²) in [6.45, 7) is 2.01. The number of nitrogens with zero attached hydrogens (tertiary/aromatic N) is 2. The molecule has 1 aromatic heterocycles. The molecule has 6 nitrogen and oxygen atoms in total. The van der Waals surface area contributed by atoms with Crippen molar-refractivity contribution in [2.24, 2.45) is 11.7 Å². The van der Waals surface area contributed by atoms with Crippen LogP contribution in [-0.4, -0.2) is 40.9 Å². The Hall–Kier alpha value is -1.18. The van der Waals surface area contributed by atoms with Gasteiger partial charge in [-0.2, -0.15) is 0 Å². The number of carboxylic acids is 1. The van der Waals surface area contributed by atoms with Crippen LogP contribution in [0.25, 0.3) is 0 Å². The fourth-order valence-electron chi connectivity index (χ4n) is 2.35. The summed E-state index contributed by atoms with van der Waals surface area (Å²) in [5, 5.41) is 20.4. The van der Waals surface area contributed by atoms with Crippen molar-refractivity contribution in [1.82, 2.24) is 4.98 Å². The SMILES string of the molecule is NC(C(=O)O)c1csc(N2CCCC(CCO)C2)n1. The van der Waals surface area contributed by atoms with Crippen LogP contribution < -0.4 is 10.6 Å². The average Bonchev–Trinajstić information content (AvgIpc) is 2.88. The number of piperidine rings is 1. The molecule has 2 atom stereocenters. The quantitative estimate of drug-likeness (QED) is 0.741. The molecule has 0 saturated carbocycles. The van der Waals surface area contributed by atoms with Crippen molar-refractivity contribution >= 4 is 22.4 Å². The molecular formula is C12H19N3O3S. The summed E-state index contributed by atoms with van der Waals surface area (Å²) < 4.78 is 0. The van der Waals surface area contributed by atoms with Crippen LogP contribution in [0.2, 0.25) is 0 Å². The summed E-state index contributed by atoms with van der Waals surface area (Å²) in [6, 6.07) is -1.05. The topological polar surface area (TPSA) is 99.7 Å². The molecule has 0 amide bonds. The van der Waals surface area contributed by atoms with Gasteiger partial charge in [0.1, 0.15) is 6.04 Å². The first-order valence-electron chi connectivity index (χ1n) is 6.41. The summed E-state index contributed by atoms with van der Waals surface area (Å²) >= 11 is 1.43. The zero-order valence-electron chi connectivity index (χ0n) is 10.7. The number of nitrogens with two attached hydrogens (primary N) is 1. The first-order valence-corrected chi connectivity index (χ1v) is 7.29. The first kappa shape index (κ1) is 14.2. The number of hydrogen-bond acceptors (Lipinski definition) is 6. The second kappa shape index (κ2) is 6.31. The highest BCUT2D eigenvalue weighted by Crippen LogP contribution is 2.28. The van der Waals surface area contributed by atoms with Gasteiger partial charge in [0, 0.05) is 25.1 Å². The van der Waals surface area contributed by atoms with Crippen molar-refractivity contribution in [3.63, 3.8) is 0 Å². The van der Waals surface area contributed by atoms with E-state index in [-0.39, 0.29) is 6.61 Å². The van der Waals surface area contributed by atoms with Gasteiger partial charge in [-0.3, -0.25) is 4.79 Å². The molecule has 7 heteroatoms. The van der Waals surface area contributed by atoms with Crippen molar-refractivity contribution in [2.75, 3.05) is 24.6 Å². The molecular weight excluding hydrogens is 266 g/mol. The summed E-state index contributed by atoms with van der Waals surface area (Å²) in [6.07, 6.45) is 3.01. The Kier molecular flexibility index (Phi) is 4.73. The Morgan fingerprint density at radius 3 is 3.16 bits per heavy atom. The number of thiazole rings is 1. The normalized spacial score (nSPS) is 21.4. The molecule has 1 aromatic rings. The first-order chi connectivity index (χ1) is 9.11. The van der Waals surface area contributed by atoms with Gasteiger partial charge in [0.05, 0.1) is 5.69 Å². The zero-order valence-corrected chi connectivity index (χ0v) is 11.5. The molecule has 0 spiro atoms. The number of carboxylic acid groups (broad SMARTS) is 1. The number of aliphatic hydroxyl groups is 1. The van der Waals surface area contributed by atoms with Gasteiger partial charge in [0.15, 0.2) is 5.13 Å². The fraction of sp³-hybridized carbons (Fsp3) is 0.667. The van der Waals surface area contributed by atoms with Crippen LogP contribution in [0.4, 0.5) is 5.13 Å². The highest BCUT2D eigenvalue weighted by atomic mass is 32.1. The van der Waals surface area contributed by atoms with E-state index in [9.17, 15) is 4.79 Å². The molecule has 0 aliphatic carbocycles. The predicted octanol–water partition coefficient (Wildman–Crippen LogP) is 0.826. The second-order valence-corrected chi connectivity index (χ2v) is 5.67. The molecule has 0 bridgehead atoms. The molecule has 2 heterocycles. The maximum absolute atomic E-state index is 10.8. The predicted molar refractivity (Wildman–Crippen MR) is 73.3 cm³/mol. The van der Waals surface area contributed by atoms with Crippen molar-refractivity contribution in [1.29, 1.82) is 0 Å². The summed E-state index contributed by atoms with van der Waals surface area (Å²) in [4.78, 5) is 17.3. The van der Waals surface area contributed by atoms with Gasteiger partial charge in [-0.15, -0.1) is 11.3 Å². The third-order valence-electron chi connectivity index (χ3n) is 3.42. The fourth-order valence-corrected chi connectivity index (χ4v) is 3.25. The van der Waals surface area contributed by atoms with E-state index in [0.29, 0.717) is 11.6 Å². The molecule has 2 rings (SSSR count). The number of aliphatic carboxylic acids is 1. The van der Waals surface area contributed by atoms with E-state index in [1.807, 2.05) is 0 Å². The molecule has 1 aliphatic rings. The van der Waals surface area contributed by atoms with Crippen LogP contribution >= 0.6 is 11.3 Å². The van der Waals surface area contributed by atoms with Crippen LogP contribution in [0.1, 0.15) is 31.0 Å². The second-order valence-electron chi connectivity index (χ2n) is 4.84. The van der Waals surface area contributed by atoms with E-state index in [4.69, 9.17) is 15.9 Å². The van der Waals surface area contributed by atoms with E-state index in [0.717, 1.165) is 37.5 Å². The molecule has 0 radical (unpaired) electrons. The highest BCUT2D eigenvalue weighted by molar-refractivity contribution is 7.13. The van der Waals surface area contributed by atoms with E-state index in [1.165, 1.54) is 11.3 Å². The molecule has 4 N–H and O–H groups in total. The van der Waals surface area contributed by atoms with E-state index < -0.39 is 12.0 Å². The van der Waals surface area contributed by atoms with Crippen molar-refractivity contribution in [3.8, 4) is 0 Å². The monoisotopic (exact) mass is 285 g/mol. The Labute approximate surface area is 115 Å². The van der Waals surface area contributed by atoms with Gasteiger partial charge in [-0.05, 0) is 25.2 Å². The smallest absolute Gasteiger partial charge is 0.326 e. The lowest BCUT2D eigenvalue weighted by Gasteiger charge is -2.32. The van der Waals surface area contributed by atoms with Crippen molar-refractivity contribution in [3.05, 3.63) is 11.1 Å². The molecule has 2 unspecified atom stereocenters. The number of aromatic nitrogens is 1. The van der Waals surface area contributed by atoms with Gasteiger partial charge in [0.2, 0.25) is 0 Å². The average molecular weight is 285 g/mol. The molecule has 1 fully saturated rings. The summed E-state index contributed by atoms with van der Waals surface area (Å²) in [7, 11) is 0. The van der Waals surface area contributed by atoms with Crippen molar-refractivity contribution < 1.29 is 15.0 Å². The van der Waals surface area contributed by atoms with Crippen LogP contribution in [0, 0.1) is 5.92 Å². The Morgan fingerprint density at radius 2 is 2.47 bits per heavy atom. The van der Waals surface area contributed by atoms with Crippen LogP contribution in [0.5, 0.6) is 0 Å². The minimum atomic E-state index is -1.06. The molecule has 0 aromatic carbocycles. The molecule has 106 valence electrons. The Morgan fingerprint density at radius 1 is 1.68 bits per heavy atom. The van der Waals surface area contributed by atoms with Crippen LogP contribution in [0.15, 0.2) is 5.38 Å². The third kappa shape index (κ3) is 3.43. The zero-order chi connectivity index (χ0) is 13.8. The highest BCUT2D eigenvalue weighted by Gasteiger charge is 2.24. The summed E-state index contributed by atoms with van der Waals surface area (Å²) in [5.41, 5.74) is 5.96. The number of hydrogen-bond donors (Lipinski definition) is 3. The largest absolute Gasteiger partial charge is 0.480 e. The van der Waals surface area contributed by atoms with Crippen LogP contribution in [-0.2, 0) is 4.79 Å². The van der Waals surface area contributed by atoms with Gasteiger partial charge in [-0.1, -0.05) is 0 Å². The number of rotatable bonds is 5. The minimum absolute atomic E-state index is 0.214. The Balaban J connectivity index is 2.03. The van der Waals surface area contributed by atoms with Crippen LogP contribution in [0.3, 0.4) is 0 Å². The molecule has 1 aliphatic heterocycles. The number of anilines is 1. The molecule has 19 heavy (non-hydrogen) atoms. The van der Waals surface area contributed by atoms with E-state index in [2.05, 4.69) is 9.88 Å². The van der Waals surface area contributed by atoms with Gasteiger partial charge in [-0.25, -0.2) is 4.98 Å². The lowest BCUT2D eigenvalue weighted by molar-refractivity contribution is -0.138. The van der Waals surface area contributed by atoms with E-state index >= 15 is 0 Å². The number of aliphatic hydroxyl groups excluding tert-OH is 1. The maximum Gasteiger partial charge on any atom is 0.326 e. The van der Waals surface area contributed by atoms with Gasteiger partial charge < -0.3 is 20.8 Å². The third-order valence-corrected chi connectivity index (χ3v) is 4.34. The number of carbonyl (C=O) groups is 1. The molecule has 1 saturated heterocycles.